The second-order valence-electron chi connectivity index (χ2n) is 4.34. The Hall–Kier alpha value is -1.55. The fourth-order valence-corrected chi connectivity index (χ4v) is 1.39. The molecule has 4 heteroatoms. The van der Waals surface area contributed by atoms with Crippen molar-refractivity contribution in [2.75, 3.05) is 26.9 Å². The van der Waals surface area contributed by atoms with E-state index in [1.54, 1.807) is 25.3 Å². The number of carbonyl (C=O) groups excluding carboxylic acids is 1. The number of ether oxygens (including phenoxy) is 3. The first-order chi connectivity index (χ1) is 8.67. The standard InChI is InChI=1S/C14H20O4/c1-11(2)10-17-6-7-18-14-8-13(16-3)5-4-12(14)9-15/h4-5,8-9,11H,6-7,10H2,1-3H3. The molecule has 100 valence electrons. The second kappa shape index (κ2) is 7.71. The molecule has 0 spiro atoms. The highest BCUT2D eigenvalue weighted by Gasteiger charge is 2.05. The minimum atomic E-state index is 0.417. The fraction of sp³-hybridized carbons (Fsp3) is 0.500. The van der Waals surface area contributed by atoms with Crippen LogP contribution in [0.2, 0.25) is 0 Å². The number of carbonyl (C=O) groups is 1. The molecule has 1 aromatic rings. The van der Waals surface area contributed by atoms with Crippen LogP contribution in [-0.4, -0.2) is 33.2 Å². The smallest absolute Gasteiger partial charge is 0.153 e. The summed E-state index contributed by atoms with van der Waals surface area (Å²) in [5.74, 6) is 1.70. The first kappa shape index (κ1) is 14.5. The molecular formula is C14H20O4. The molecule has 1 rings (SSSR count). The monoisotopic (exact) mass is 252 g/mol. The fourth-order valence-electron chi connectivity index (χ4n) is 1.39. The van der Waals surface area contributed by atoms with Gasteiger partial charge < -0.3 is 14.2 Å². The average Bonchev–Trinajstić information content (AvgIpc) is 2.37. The molecule has 0 N–H and O–H groups in total. The van der Waals surface area contributed by atoms with E-state index < -0.39 is 0 Å². The maximum absolute atomic E-state index is 10.9. The van der Waals surface area contributed by atoms with Crippen LogP contribution < -0.4 is 9.47 Å². The van der Waals surface area contributed by atoms with Crippen LogP contribution in [0.4, 0.5) is 0 Å². The van der Waals surface area contributed by atoms with Crippen molar-refractivity contribution in [1.82, 2.24) is 0 Å². The van der Waals surface area contributed by atoms with Gasteiger partial charge in [0.2, 0.25) is 0 Å². The molecule has 0 unspecified atom stereocenters. The number of benzene rings is 1. The number of hydrogen-bond donors (Lipinski definition) is 0. The van der Waals surface area contributed by atoms with Crippen LogP contribution in [0.25, 0.3) is 0 Å². The summed E-state index contributed by atoms with van der Waals surface area (Å²) >= 11 is 0. The molecule has 0 fully saturated rings. The summed E-state index contributed by atoms with van der Waals surface area (Å²) in [6, 6.07) is 5.11. The normalized spacial score (nSPS) is 10.4. The Kier molecular flexibility index (Phi) is 6.22. The topological polar surface area (TPSA) is 44.8 Å². The lowest BCUT2D eigenvalue weighted by molar-refractivity contribution is 0.0813. The minimum absolute atomic E-state index is 0.417. The number of hydrogen-bond acceptors (Lipinski definition) is 4. The van der Waals surface area contributed by atoms with Crippen molar-refractivity contribution in [1.29, 1.82) is 0 Å². The molecule has 0 aliphatic rings. The predicted molar refractivity (Wildman–Crippen MR) is 69.5 cm³/mol. The molecule has 0 bridgehead atoms. The Labute approximate surface area is 108 Å². The third-order valence-corrected chi connectivity index (χ3v) is 2.28. The molecule has 0 radical (unpaired) electrons. The summed E-state index contributed by atoms with van der Waals surface area (Å²) in [4.78, 5) is 10.9. The van der Waals surface area contributed by atoms with Crippen LogP contribution in [0.5, 0.6) is 11.5 Å². The first-order valence-corrected chi connectivity index (χ1v) is 6.01. The van der Waals surface area contributed by atoms with Gasteiger partial charge in [0, 0.05) is 12.7 Å². The van der Waals surface area contributed by atoms with Gasteiger partial charge in [-0.2, -0.15) is 0 Å². The van der Waals surface area contributed by atoms with Crippen molar-refractivity contribution >= 4 is 6.29 Å². The van der Waals surface area contributed by atoms with E-state index in [1.807, 2.05) is 0 Å². The lowest BCUT2D eigenvalue weighted by Crippen LogP contribution is -2.11. The molecule has 1 aromatic carbocycles. The Bertz CT molecular complexity index is 374. The third-order valence-electron chi connectivity index (χ3n) is 2.28. The van der Waals surface area contributed by atoms with Crippen molar-refractivity contribution in [3.63, 3.8) is 0 Å². The molecule has 0 aliphatic heterocycles. The molecule has 0 aromatic heterocycles. The van der Waals surface area contributed by atoms with E-state index in [9.17, 15) is 4.79 Å². The summed E-state index contributed by atoms with van der Waals surface area (Å²) in [6.45, 7) is 5.82. The zero-order chi connectivity index (χ0) is 13.4. The number of aldehydes is 1. The van der Waals surface area contributed by atoms with Crippen LogP contribution in [0.3, 0.4) is 0 Å². The largest absolute Gasteiger partial charge is 0.497 e. The van der Waals surface area contributed by atoms with Gasteiger partial charge in [0.25, 0.3) is 0 Å². The van der Waals surface area contributed by atoms with Crippen molar-refractivity contribution < 1.29 is 19.0 Å². The van der Waals surface area contributed by atoms with Gasteiger partial charge in [-0.05, 0) is 18.1 Å². The number of rotatable bonds is 8. The van der Waals surface area contributed by atoms with Gasteiger partial charge in [-0.3, -0.25) is 4.79 Å². The Morgan fingerprint density at radius 2 is 2.06 bits per heavy atom. The van der Waals surface area contributed by atoms with E-state index in [-0.39, 0.29) is 0 Å². The van der Waals surface area contributed by atoms with Gasteiger partial charge >= 0.3 is 0 Å². The predicted octanol–water partition coefficient (Wildman–Crippen LogP) is 2.56. The first-order valence-electron chi connectivity index (χ1n) is 6.01. The van der Waals surface area contributed by atoms with Crippen molar-refractivity contribution in [2.45, 2.75) is 13.8 Å². The van der Waals surface area contributed by atoms with E-state index in [0.717, 1.165) is 6.29 Å². The van der Waals surface area contributed by atoms with Crippen LogP contribution in [0.1, 0.15) is 24.2 Å². The van der Waals surface area contributed by atoms with Gasteiger partial charge in [0.15, 0.2) is 6.29 Å². The maximum atomic E-state index is 10.9. The van der Waals surface area contributed by atoms with Crippen LogP contribution in [0, 0.1) is 5.92 Å². The molecule has 18 heavy (non-hydrogen) atoms. The lowest BCUT2D eigenvalue weighted by Gasteiger charge is -2.11. The van der Waals surface area contributed by atoms with Gasteiger partial charge in [0.05, 0.1) is 19.3 Å². The molecular weight excluding hydrogens is 232 g/mol. The van der Waals surface area contributed by atoms with E-state index >= 15 is 0 Å². The molecule has 0 saturated carbocycles. The average molecular weight is 252 g/mol. The van der Waals surface area contributed by atoms with E-state index in [0.29, 0.717) is 42.8 Å². The van der Waals surface area contributed by atoms with Gasteiger partial charge in [-0.1, -0.05) is 13.8 Å². The van der Waals surface area contributed by atoms with E-state index in [4.69, 9.17) is 14.2 Å². The number of methoxy groups -OCH3 is 1. The van der Waals surface area contributed by atoms with E-state index in [2.05, 4.69) is 13.8 Å². The second-order valence-corrected chi connectivity index (χ2v) is 4.34. The van der Waals surface area contributed by atoms with Crippen LogP contribution in [0.15, 0.2) is 18.2 Å². The molecule has 0 saturated heterocycles. The Balaban J connectivity index is 2.47. The minimum Gasteiger partial charge on any atom is -0.497 e. The summed E-state index contributed by atoms with van der Waals surface area (Å²) in [5.41, 5.74) is 0.514. The van der Waals surface area contributed by atoms with Crippen LogP contribution in [-0.2, 0) is 4.74 Å². The van der Waals surface area contributed by atoms with Crippen molar-refractivity contribution in [3.05, 3.63) is 23.8 Å². The lowest BCUT2D eigenvalue weighted by atomic mass is 10.2. The summed E-state index contributed by atoms with van der Waals surface area (Å²) in [7, 11) is 1.57. The maximum Gasteiger partial charge on any atom is 0.153 e. The zero-order valence-electron chi connectivity index (χ0n) is 11.1. The van der Waals surface area contributed by atoms with Gasteiger partial charge in [0.1, 0.15) is 18.1 Å². The molecule has 0 aliphatic carbocycles. The highest BCUT2D eigenvalue weighted by molar-refractivity contribution is 5.79. The quantitative estimate of drug-likeness (QED) is 0.527. The SMILES string of the molecule is COc1ccc(C=O)c(OCCOCC(C)C)c1. The Morgan fingerprint density at radius 3 is 2.67 bits per heavy atom. The van der Waals surface area contributed by atoms with Gasteiger partial charge in [-0.15, -0.1) is 0 Å². The third kappa shape index (κ3) is 4.75. The highest BCUT2D eigenvalue weighted by Crippen LogP contribution is 2.23. The molecule has 0 atom stereocenters. The summed E-state index contributed by atoms with van der Waals surface area (Å²) < 4.78 is 16.0. The van der Waals surface area contributed by atoms with Gasteiger partial charge in [-0.25, -0.2) is 0 Å². The van der Waals surface area contributed by atoms with Crippen molar-refractivity contribution in [3.8, 4) is 11.5 Å². The molecule has 0 amide bonds. The Morgan fingerprint density at radius 1 is 1.28 bits per heavy atom. The molecule has 0 heterocycles. The van der Waals surface area contributed by atoms with Crippen molar-refractivity contribution in [2.24, 2.45) is 5.92 Å². The summed E-state index contributed by atoms with van der Waals surface area (Å²) in [6.07, 6.45) is 0.768. The van der Waals surface area contributed by atoms with E-state index in [1.165, 1.54) is 0 Å². The zero-order valence-corrected chi connectivity index (χ0v) is 11.1. The van der Waals surface area contributed by atoms with Crippen LogP contribution >= 0.6 is 0 Å². The highest BCUT2D eigenvalue weighted by atomic mass is 16.5. The summed E-state index contributed by atoms with van der Waals surface area (Å²) in [5, 5.41) is 0. The molecule has 4 nitrogen and oxygen atoms in total.